The molecule has 0 saturated heterocycles. The number of para-hydroxylation sites is 1. The van der Waals surface area contributed by atoms with Crippen molar-refractivity contribution >= 4 is 23.6 Å². The first-order valence-corrected chi connectivity index (χ1v) is 15.3. The Kier molecular flexibility index (Phi) is 12.0. The molecule has 3 amide bonds. The third kappa shape index (κ3) is 9.59. The van der Waals surface area contributed by atoms with Crippen LogP contribution in [0.3, 0.4) is 0 Å². The summed E-state index contributed by atoms with van der Waals surface area (Å²) in [5.41, 5.74) is 4.10. The van der Waals surface area contributed by atoms with Crippen molar-refractivity contribution in [2.24, 2.45) is 0 Å². The van der Waals surface area contributed by atoms with Gasteiger partial charge in [-0.15, -0.1) is 0 Å². The summed E-state index contributed by atoms with van der Waals surface area (Å²) in [6.07, 6.45) is 1.89. The van der Waals surface area contributed by atoms with E-state index < -0.39 is 29.7 Å². The summed E-state index contributed by atoms with van der Waals surface area (Å²) in [5, 5.41) is 15.7. The Labute approximate surface area is 261 Å². The molecule has 2 unspecified atom stereocenters. The molecule has 0 radical (unpaired) electrons. The number of benzene rings is 3. The smallest absolute Gasteiger partial charge is 0.408 e. The van der Waals surface area contributed by atoms with Crippen LogP contribution in [-0.4, -0.2) is 46.1 Å². The van der Waals surface area contributed by atoms with Gasteiger partial charge in [0.15, 0.2) is 0 Å². The number of nitrogens with zero attached hydrogens (tertiary/aromatic N) is 1. The zero-order valence-corrected chi connectivity index (χ0v) is 27.1. The number of carbonyl (C=O) groups is 3. The minimum absolute atomic E-state index is 0.0979. The van der Waals surface area contributed by atoms with Crippen LogP contribution in [0, 0.1) is 20.8 Å². The van der Waals surface area contributed by atoms with Gasteiger partial charge < -0.3 is 25.4 Å². The first-order chi connectivity index (χ1) is 20.8. The highest BCUT2D eigenvalue weighted by atomic mass is 16.6. The maximum absolute atomic E-state index is 14.7. The molecule has 236 valence electrons. The van der Waals surface area contributed by atoms with E-state index in [4.69, 9.17) is 4.74 Å². The summed E-state index contributed by atoms with van der Waals surface area (Å²) in [7, 11) is 0. The molecule has 8 nitrogen and oxygen atoms in total. The van der Waals surface area contributed by atoms with E-state index in [9.17, 15) is 19.5 Å². The molecule has 0 aliphatic carbocycles. The van der Waals surface area contributed by atoms with E-state index in [1.807, 2.05) is 63.2 Å². The van der Waals surface area contributed by atoms with Crippen molar-refractivity contribution in [1.29, 1.82) is 0 Å². The van der Waals surface area contributed by atoms with Gasteiger partial charge in [0.2, 0.25) is 5.91 Å². The fraction of sp³-hybridized carbons (Fsp3) is 0.417. The second-order valence-electron chi connectivity index (χ2n) is 12.3. The largest absolute Gasteiger partial charge is 0.508 e. The van der Waals surface area contributed by atoms with Crippen molar-refractivity contribution in [3.8, 4) is 5.75 Å². The Balaban J connectivity index is 2.11. The summed E-state index contributed by atoms with van der Waals surface area (Å²) < 4.78 is 5.53. The van der Waals surface area contributed by atoms with Crippen LogP contribution in [0.25, 0.3) is 0 Å². The number of nitrogens with one attached hydrogen (secondary N) is 2. The molecule has 0 aliphatic heterocycles. The number of hydrogen-bond donors (Lipinski definition) is 3. The lowest BCUT2D eigenvalue weighted by molar-refractivity contribution is -0.140. The number of phenols is 1. The molecule has 0 fully saturated rings. The van der Waals surface area contributed by atoms with E-state index >= 15 is 0 Å². The number of aryl methyl sites for hydroxylation is 3. The summed E-state index contributed by atoms with van der Waals surface area (Å²) in [4.78, 5) is 43.6. The summed E-state index contributed by atoms with van der Waals surface area (Å²) >= 11 is 0. The highest BCUT2D eigenvalue weighted by molar-refractivity contribution is 6.00. The number of hydrogen-bond acceptors (Lipinski definition) is 5. The fourth-order valence-corrected chi connectivity index (χ4v) is 5.16. The molecule has 44 heavy (non-hydrogen) atoms. The number of phenolic OH excluding ortho intramolecular Hbond substituents is 1. The van der Waals surface area contributed by atoms with Gasteiger partial charge in [-0.05, 0) is 87.9 Å². The van der Waals surface area contributed by atoms with Gasteiger partial charge in [0.05, 0.1) is 0 Å². The maximum Gasteiger partial charge on any atom is 0.408 e. The number of aromatic hydroxyl groups is 1. The van der Waals surface area contributed by atoms with Gasteiger partial charge in [0.25, 0.3) is 5.91 Å². The van der Waals surface area contributed by atoms with E-state index in [-0.39, 0.29) is 18.1 Å². The summed E-state index contributed by atoms with van der Waals surface area (Å²) in [6.45, 7) is 13.5. The first kappa shape index (κ1) is 34.2. The third-order valence-corrected chi connectivity index (χ3v) is 7.42. The van der Waals surface area contributed by atoms with Crippen LogP contribution < -0.4 is 10.6 Å². The molecule has 0 spiro atoms. The Morgan fingerprint density at radius 2 is 1.48 bits per heavy atom. The molecule has 3 rings (SSSR count). The van der Waals surface area contributed by atoms with Crippen LogP contribution in [-0.2, 0) is 20.7 Å². The van der Waals surface area contributed by atoms with Crippen LogP contribution in [0.15, 0.2) is 66.7 Å². The Bertz CT molecular complexity index is 1410. The molecule has 3 aromatic carbocycles. The zero-order chi connectivity index (χ0) is 32.4. The molecule has 0 aliphatic rings. The Morgan fingerprint density at radius 3 is 2.07 bits per heavy atom. The Morgan fingerprint density at radius 1 is 0.864 bits per heavy atom. The SMILES string of the molecule is CCCCCN(C(=O)C(Cc1ccc(O)cc1)NC(=O)OC(C)(C)C)C(C(=O)Nc1c(C)cccc1C)c1ccccc1C. The molecule has 0 aromatic heterocycles. The van der Waals surface area contributed by atoms with E-state index in [1.165, 1.54) is 12.1 Å². The van der Waals surface area contributed by atoms with E-state index in [1.54, 1.807) is 37.8 Å². The van der Waals surface area contributed by atoms with Crippen molar-refractivity contribution in [1.82, 2.24) is 10.2 Å². The minimum Gasteiger partial charge on any atom is -0.508 e. The maximum atomic E-state index is 14.7. The second-order valence-corrected chi connectivity index (χ2v) is 12.3. The first-order valence-electron chi connectivity index (χ1n) is 15.3. The highest BCUT2D eigenvalue weighted by Gasteiger charge is 2.37. The van der Waals surface area contributed by atoms with Crippen LogP contribution in [0.5, 0.6) is 5.75 Å². The van der Waals surface area contributed by atoms with Crippen molar-refractivity contribution in [3.63, 3.8) is 0 Å². The minimum atomic E-state index is -1.03. The molecule has 2 atom stereocenters. The fourth-order valence-electron chi connectivity index (χ4n) is 5.16. The second kappa shape index (κ2) is 15.4. The number of alkyl carbamates (subject to hydrolysis) is 1. The predicted molar refractivity (Wildman–Crippen MR) is 175 cm³/mol. The zero-order valence-electron chi connectivity index (χ0n) is 27.1. The van der Waals surface area contributed by atoms with Gasteiger partial charge in [-0.25, -0.2) is 4.79 Å². The van der Waals surface area contributed by atoms with Crippen molar-refractivity contribution in [3.05, 3.63) is 94.5 Å². The quantitative estimate of drug-likeness (QED) is 0.191. The molecule has 3 aromatic rings. The number of carbonyl (C=O) groups excluding carboxylic acids is 3. The molecule has 0 heterocycles. The van der Waals surface area contributed by atoms with Crippen LogP contribution in [0.2, 0.25) is 0 Å². The number of anilines is 1. The number of amides is 3. The van der Waals surface area contributed by atoms with E-state index in [0.717, 1.165) is 35.1 Å². The van der Waals surface area contributed by atoms with Gasteiger partial charge in [0, 0.05) is 18.7 Å². The number of ether oxygens (including phenoxy) is 1. The third-order valence-electron chi connectivity index (χ3n) is 7.42. The van der Waals surface area contributed by atoms with Crippen molar-refractivity contribution in [2.45, 2.75) is 91.8 Å². The van der Waals surface area contributed by atoms with Crippen LogP contribution in [0.4, 0.5) is 10.5 Å². The average molecular weight is 602 g/mol. The lowest BCUT2D eigenvalue weighted by atomic mass is 9.96. The average Bonchev–Trinajstić information content (AvgIpc) is 2.95. The standard InChI is InChI=1S/C36H47N3O5/c1-8-9-12-22-39(34(42)30(37-35(43)44-36(5,6)7)23-27-18-20-28(40)21-19-27)32(29-17-11-10-14-24(29)2)33(41)38-31-25(3)15-13-16-26(31)4/h10-11,13-21,30,32,40H,8-9,12,22-23H2,1-7H3,(H,37,43)(H,38,41). The lowest BCUT2D eigenvalue weighted by Crippen LogP contribution is -2.53. The van der Waals surface area contributed by atoms with Crippen LogP contribution in [0.1, 0.15) is 80.8 Å². The van der Waals surface area contributed by atoms with Gasteiger partial charge in [-0.3, -0.25) is 9.59 Å². The number of rotatable bonds is 12. The summed E-state index contributed by atoms with van der Waals surface area (Å²) in [6, 6.07) is 17.9. The van der Waals surface area contributed by atoms with Gasteiger partial charge in [0.1, 0.15) is 23.4 Å². The monoisotopic (exact) mass is 601 g/mol. The van der Waals surface area contributed by atoms with Crippen molar-refractivity contribution < 1.29 is 24.2 Å². The van der Waals surface area contributed by atoms with Crippen molar-refractivity contribution in [2.75, 3.05) is 11.9 Å². The van der Waals surface area contributed by atoms with E-state index in [0.29, 0.717) is 24.2 Å². The Hall–Kier alpha value is -4.33. The van der Waals surface area contributed by atoms with Gasteiger partial charge in [-0.1, -0.05) is 74.4 Å². The highest BCUT2D eigenvalue weighted by Crippen LogP contribution is 2.29. The molecule has 0 saturated carbocycles. The summed E-state index contributed by atoms with van der Waals surface area (Å²) in [5.74, 6) is -0.632. The molecule has 0 bridgehead atoms. The van der Waals surface area contributed by atoms with Gasteiger partial charge >= 0.3 is 6.09 Å². The molecule has 8 heteroatoms. The van der Waals surface area contributed by atoms with E-state index in [2.05, 4.69) is 17.6 Å². The molecular weight excluding hydrogens is 554 g/mol. The van der Waals surface area contributed by atoms with Crippen LogP contribution >= 0.6 is 0 Å². The molecular formula is C36H47N3O5. The topological polar surface area (TPSA) is 108 Å². The predicted octanol–water partition coefficient (Wildman–Crippen LogP) is 7.15. The number of unbranched alkanes of at least 4 members (excludes halogenated alkanes) is 2. The van der Waals surface area contributed by atoms with Gasteiger partial charge in [-0.2, -0.15) is 0 Å². The lowest BCUT2D eigenvalue weighted by Gasteiger charge is -2.35. The normalized spacial score (nSPS) is 12.6. The molecule has 3 N–H and O–H groups in total.